The van der Waals surface area contributed by atoms with E-state index in [4.69, 9.17) is 16.7 Å². The van der Waals surface area contributed by atoms with Crippen molar-refractivity contribution in [2.24, 2.45) is 0 Å². The number of nitrogens with zero attached hydrogens (tertiary/aromatic N) is 2. The summed E-state index contributed by atoms with van der Waals surface area (Å²) in [6, 6.07) is 15.4. The Morgan fingerprint density at radius 2 is 1.88 bits per heavy atom. The van der Waals surface area contributed by atoms with Gasteiger partial charge in [-0.3, -0.25) is 14.4 Å². The summed E-state index contributed by atoms with van der Waals surface area (Å²) in [5, 5.41) is 19.7. The van der Waals surface area contributed by atoms with E-state index in [0.29, 0.717) is 15.6 Å². The Kier molecular flexibility index (Phi) is 5.93. The highest BCUT2D eigenvalue weighted by molar-refractivity contribution is 7.20. The summed E-state index contributed by atoms with van der Waals surface area (Å²) in [6.45, 7) is 1.38. The fourth-order valence-corrected chi connectivity index (χ4v) is 4.42. The van der Waals surface area contributed by atoms with Crippen LogP contribution in [0.5, 0.6) is 0 Å². The van der Waals surface area contributed by atoms with Crippen LogP contribution >= 0.6 is 22.9 Å². The Bertz CT molecular complexity index is 1360. The number of amides is 2. The molecule has 0 aliphatic heterocycles. The number of benzene rings is 2. The zero-order chi connectivity index (χ0) is 22.8. The molecule has 0 unspecified atom stereocenters. The molecular formula is C22H17ClN4O4S. The summed E-state index contributed by atoms with van der Waals surface area (Å²) >= 11 is 7.61. The van der Waals surface area contributed by atoms with Gasteiger partial charge in [0.25, 0.3) is 11.8 Å². The van der Waals surface area contributed by atoms with E-state index in [0.717, 1.165) is 21.6 Å². The van der Waals surface area contributed by atoms with Crippen molar-refractivity contribution >= 4 is 56.6 Å². The van der Waals surface area contributed by atoms with Crippen molar-refractivity contribution in [1.82, 2.24) is 15.1 Å². The number of carboxylic acid groups (broad SMARTS) is 1. The molecule has 162 valence electrons. The first-order valence-electron chi connectivity index (χ1n) is 9.49. The predicted octanol–water partition coefficient (Wildman–Crippen LogP) is 4.12. The van der Waals surface area contributed by atoms with Gasteiger partial charge in [0.05, 0.1) is 21.3 Å². The van der Waals surface area contributed by atoms with E-state index in [1.165, 1.54) is 23.5 Å². The summed E-state index contributed by atoms with van der Waals surface area (Å²) < 4.78 is 1.72. The number of anilines is 1. The average Bonchev–Trinajstić information content (AvgIpc) is 3.33. The summed E-state index contributed by atoms with van der Waals surface area (Å²) in [7, 11) is 0. The average molecular weight is 469 g/mol. The van der Waals surface area contributed by atoms with Crippen molar-refractivity contribution in [1.29, 1.82) is 0 Å². The largest absolute Gasteiger partial charge is 0.480 e. The number of aryl methyl sites for hydroxylation is 1. The number of aliphatic carboxylic acids is 1. The number of hydrogen-bond acceptors (Lipinski definition) is 5. The smallest absolute Gasteiger partial charge is 0.322 e. The number of fused-ring (bicyclic) bond motifs is 1. The third kappa shape index (κ3) is 4.34. The number of nitrogens with one attached hydrogen (secondary N) is 2. The summed E-state index contributed by atoms with van der Waals surface area (Å²) in [5.41, 5.74) is 2.15. The molecule has 2 aromatic carbocycles. The van der Waals surface area contributed by atoms with Crippen LogP contribution in [0.25, 0.3) is 15.9 Å². The van der Waals surface area contributed by atoms with Crippen LogP contribution in [0.1, 0.15) is 25.7 Å². The normalized spacial score (nSPS) is 10.8. The molecular weight excluding hydrogens is 452 g/mol. The quantitative estimate of drug-likeness (QED) is 0.394. The van der Waals surface area contributed by atoms with Crippen LogP contribution in [0.3, 0.4) is 0 Å². The molecule has 2 aromatic heterocycles. The number of thiophene rings is 1. The minimum absolute atomic E-state index is 0.241. The van der Waals surface area contributed by atoms with Gasteiger partial charge in [-0.15, -0.1) is 11.3 Å². The highest BCUT2D eigenvalue weighted by atomic mass is 35.5. The van der Waals surface area contributed by atoms with E-state index >= 15 is 0 Å². The highest BCUT2D eigenvalue weighted by Crippen LogP contribution is 2.32. The SMILES string of the molecule is Cc1nn(-c2ccccc2Cl)c2sc(C(=O)Nc3cccc(C(=O)NCC(=O)O)c3)cc12. The van der Waals surface area contributed by atoms with Crippen molar-refractivity contribution in [3.8, 4) is 5.69 Å². The molecule has 3 N–H and O–H groups in total. The first-order valence-corrected chi connectivity index (χ1v) is 10.7. The number of halogens is 1. The lowest BCUT2D eigenvalue weighted by molar-refractivity contribution is -0.135. The minimum atomic E-state index is -1.14. The molecule has 2 heterocycles. The fourth-order valence-electron chi connectivity index (χ4n) is 3.13. The molecule has 4 aromatic rings. The summed E-state index contributed by atoms with van der Waals surface area (Å²) in [6.07, 6.45) is 0. The van der Waals surface area contributed by atoms with Gasteiger partial charge in [0.2, 0.25) is 0 Å². The van der Waals surface area contributed by atoms with Crippen molar-refractivity contribution < 1.29 is 19.5 Å². The molecule has 8 nitrogen and oxygen atoms in total. The van der Waals surface area contributed by atoms with E-state index in [2.05, 4.69) is 15.7 Å². The van der Waals surface area contributed by atoms with Gasteiger partial charge in [-0.25, -0.2) is 4.68 Å². The minimum Gasteiger partial charge on any atom is -0.480 e. The standard InChI is InChI=1S/C22H17ClN4O4S/c1-12-15-10-18(32-22(15)27(26-12)17-8-3-2-7-16(17)23)21(31)25-14-6-4-5-13(9-14)20(30)24-11-19(28)29/h2-10H,11H2,1H3,(H,24,30)(H,25,31)(H,28,29). The van der Waals surface area contributed by atoms with E-state index in [-0.39, 0.29) is 11.5 Å². The number of carbonyl (C=O) groups excluding carboxylic acids is 2. The van der Waals surface area contributed by atoms with Gasteiger partial charge >= 0.3 is 5.97 Å². The molecule has 0 saturated carbocycles. The van der Waals surface area contributed by atoms with Crippen LogP contribution in [0.4, 0.5) is 5.69 Å². The molecule has 2 amide bonds. The number of aromatic nitrogens is 2. The Morgan fingerprint density at radius 3 is 2.62 bits per heavy atom. The number of carboxylic acids is 1. The molecule has 0 fully saturated rings. The van der Waals surface area contributed by atoms with Crippen LogP contribution < -0.4 is 10.6 Å². The van der Waals surface area contributed by atoms with Crippen molar-refractivity contribution in [3.05, 3.63) is 75.8 Å². The molecule has 0 radical (unpaired) electrons. The predicted molar refractivity (Wildman–Crippen MR) is 123 cm³/mol. The Balaban J connectivity index is 1.58. The molecule has 0 aliphatic carbocycles. The van der Waals surface area contributed by atoms with Gasteiger partial charge < -0.3 is 15.7 Å². The molecule has 0 bridgehead atoms. The molecule has 10 heteroatoms. The maximum absolute atomic E-state index is 12.9. The third-order valence-electron chi connectivity index (χ3n) is 4.63. The van der Waals surface area contributed by atoms with Gasteiger partial charge in [0, 0.05) is 16.6 Å². The second kappa shape index (κ2) is 8.81. The topological polar surface area (TPSA) is 113 Å². The van der Waals surface area contributed by atoms with Gasteiger partial charge in [-0.05, 0) is 43.3 Å². The molecule has 4 rings (SSSR count). The Morgan fingerprint density at radius 1 is 1.09 bits per heavy atom. The highest BCUT2D eigenvalue weighted by Gasteiger charge is 2.18. The molecule has 0 saturated heterocycles. The van der Waals surface area contributed by atoms with E-state index in [1.54, 1.807) is 28.9 Å². The summed E-state index contributed by atoms with van der Waals surface area (Å²) in [4.78, 5) is 36.8. The first kappa shape index (κ1) is 21.5. The second-order valence-corrected chi connectivity index (χ2v) is 8.33. The molecule has 0 spiro atoms. The van der Waals surface area contributed by atoms with Crippen LogP contribution in [-0.4, -0.2) is 39.2 Å². The van der Waals surface area contributed by atoms with Crippen molar-refractivity contribution in [3.63, 3.8) is 0 Å². The maximum Gasteiger partial charge on any atom is 0.322 e. The lowest BCUT2D eigenvalue weighted by atomic mass is 10.2. The van der Waals surface area contributed by atoms with Crippen molar-refractivity contribution in [2.45, 2.75) is 6.92 Å². The lowest BCUT2D eigenvalue weighted by Crippen LogP contribution is -2.29. The Labute approximate surface area is 191 Å². The number of carbonyl (C=O) groups is 3. The van der Waals surface area contributed by atoms with Gasteiger partial charge in [0.15, 0.2) is 0 Å². The van der Waals surface area contributed by atoms with Crippen LogP contribution in [0.2, 0.25) is 5.02 Å². The molecule has 32 heavy (non-hydrogen) atoms. The van der Waals surface area contributed by atoms with Crippen LogP contribution in [0.15, 0.2) is 54.6 Å². The maximum atomic E-state index is 12.9. The number of hydrogen-bond donors (Lipinski definition) is 3. The first-order chi connectivity index (χ1) is 15.3. The van der Waals surface area contributed by atoms with E-state index < -0.39 is 18.4 Å². The van der Waals surface area contributed by atoms with Gasteiger partial charge in [0.1, 0.15) is 11.4 Å². The molecule has 0 aliphatic rings. The second-order valence-electron chi connectivity index (χ2n) is 6.89. The third-order valence-corrected chi connectivity index (χ3v) is 6.06. The fraction of sp³-hybridized carbons (Fsp3) is 0.0909. The zero-order valence-corrected chi connectivity index (χ0v) is 18.3. The van der Waals surface area contributed by atoms with Gasteiger partial charge in [-0.2, -0.15) is 5.10 Å². The zero-order valence-electron chi connectivity index (χ0n) is 16.8. The van der Waals surface area contributed by atoms with Gasteiger partial charge in [-0.1, -0.05) is 29.8 Å². The molecule has 0 atom stereocenters. The van der Waals surface area contributed by atoms with E-state index in [1.807, 2.05) is 25.1 Å². The monoisotopic (exact) mass is 468 g/mol. The number of para-hydroxylation sites is 1. The number of rotatable bonds is 6. The van der Waals surface area contributed by atoms with Crippen molar-refractivity contribution in [2.75, 3.05) is 11.9 Å². The van der Waals surface area contributed by atoms with Crippen LogP contribution in [-0.2, 0) is 4.79 Å². The lowest BCUT2D eigenvalue weighted by Gasteiger charge is -2.07. The van der Waals surface area contributed by atoms with E-state index in [9.17, 15) is 14.4 Å². The van der Waals surface area contributed by atoms with Crippen LogP contribution in [0, 0.1) is 6.92 Å². The summed E-state index contributed by atoms with van der Waals surface area (Å²) in [5.74, 6) is -2.02. The Hall–Kier alpha value is -3.69.